The Morgan fingerprint density at radius 1 is 1.64 bits per heavy atom. The van der Waals surface area contributed by atoms with E-state index in [9.17, 15) is 14.0 Å². The number of amides is 1. The first-order valence-corrected chi connectivity index (χ1v) is 4.13. The maximum absolute atomic E-state index is 13.2. The molecule has 0 fully saturated rings. The van der Waals surface area contributed by atoms with E-state index in [4.69, 9.17) is 0 Å². The fourth-order valence-corrected chi connectivity index (χ4v) is 1.05. The lowest BCUT2D eigenvalue weighted by molar-refractivity contribution is -0.119. The number of pyridine rings is 1. The van der Waals surface area contributed by atoms with Gasteiger partial charge in [0.2, 0.25) is 5.91 Å². The zero-order chi connectivity index (χ0) is 10.7. The molecule has 1 heterocycles. The Labute approximate surface area is 80.1 Å². The van der Waals surface area contributed by atoms with Crippen molar-refractivity contribution >= 4 is 5.91 Å². The molecule has 1 aromatic rings. The summed E-state index contributed by atoms with van der Waals surface area (Å²) in [5.41, 5.74) is -0.00243. The highest BCUT2D eigenvalue weighted by Gasteiger charge is 2.08. The van der Waals surface area contributed by atoms with Crippen LogP contribution in [-0.2, 0) is 11.3 Å². The van der Waals surface area contributed by atoms with Crippen molar-refractivity contribution in [1.29, 1.82) is 0 Å². The van der Waals surface area contributed by atoms with Crippen LogP contribution in [0.1, 0.15) is 18.2 Å². The van der Waals surface area contributed by atoms with E-state index in [0.29, 0.717) is 5.69 Å². The molecule has 0 atom stereocenters. The number of carbonyl (C=O) groups excluding carboxylic acids is 1. The van der Waals surface area contributed by atoms with Crippen molar-refractivity contribution in [3.05, 3.63) is 33.5 Å². The minimum atomic E-state index is -0.691. The van der Waals surface area contributed by atoms with Crippen LogP contribution < -0.4 is 10.7 Å². The van der Waals surface area contributed by atoms with Gasteiger partial charge in [-0.25, -0.2) is 0 Å². The summed E-state index contributed by atoms with van der Waals surface area (Å²) in [6.45, 7) is 2.81. The molecule has 0 aliphatic carbocycles. The molecule has 0 radical (unpaired) electrons. The third-order valence-corrected chi connectivity index (χ3v) is 1.73. The Balaban J connectivity index is 2.97. The molecule has 0 aliphatic rings. The first kappa shape index (κ1) is 10.4. The molecular weight excluding hydrogens is 187 g/mol. The Hall–Kier alpha value is -1.65. The summed E-state index contributed by atoms with van der Waals surface area (Å²) < 4.78 is 13.2. The van der Waals surface area contributed by atoms with E-state index >= 15 is 0 Å². The summed E-state index contributed by atoms with van der Waals surface area (Å²) in [4.78, 5) is 24.2. The number of nitrogens with one attached hydrogen (secondary N) is 2. The van der Waals surface area contributed by atoms with Crippen LogP contribution in [0.15, 0.2) is 10.9 Å². The standard InChI is InChI=1S/C9H11FN2O2/c1-5-3-8(14)7(9(10)12-5)4-11-6(2)13/h3H,4H2,1-2H3,(H,11,13)(H,12,14). The van der Waals surface area contributed by atoms with E-state index < -0.39 is 11.4 Å². The van der Waals surface area contributed by atoms with Gasteiger partial charge in [0.05, 0.1) is 12.1 Å². The summed E-state index contributed by atoms with van der Waals surface area (Å²) in [5.74, 6) is -0.992. The van der Waals surface area contributed by atoms with Gasteiger partial charge >= 0.3 is 0 Å². The molecule has 2 N–H and O–H groups in total. The zero-order valence-electron chi connectivity index (χ0n) is 7.98. The number of aryl methyl sites for hydroxylation is 1. The van der Waals surface area contributed by atoms with Crippen molar-refractivity contribution in [2.75, 3.05) is 0 Å². The number of hydrogen-bond donors (Lipinski definition) is 2. The summed E-state index contributed by atoms with van der Waals surface area (Å²) >= 11 is 0. The van der Waals surface area contributed by atoms with Gasteiger partial charge in [-0.05, 0) is 6.92 Å². The summed E-state index contributed by atoms with van der Waals surface area (Å²) in [5, 5.41) is 2.36. The van der Waals surface area contributed by atoms with Gasteiger partial charge in [0.15, 0.2) is 11.4 Å². The highest BCUT2D eigenvalue weighted by atomic mass is 19.1. The smallest absolute Gasteiger partial charge is 0.217 e. The van der Waals surface area contributed by atoms with Crippen molar-refractivity contribution in [2.24, 2.45) is 0 Å². The Morgan fingerprint density at radius 3 is 2.79 bits per heavy atom. The molecule has 0 saturated carbocycles. The van der Waals surface area contributed by atoms with Crippen molar-refractivity contribution in [3.8, 4) is 0 Å². The summed E-state index contributed by atoms with van der Waals surface area (Å²) in [6.07, 6.45) is 0. The summed E-state index contributed by atoms with van der Waals surface area (Å²) in [6, 6.07) is 1.29. The van der Waals surface area contributed by atoms with Gasteiger partial charge in [0.1, 0.15) is 0 Å². The van der Waals surface area contributed by atoms with Crippen molar-refractivity contribution in [2.45, 2.75) is 20.4 Å². The van der Waals surface area contributed by atoms with Gasteiger partial charge in [-0.2, -0.15) is 4.39 Å². The molecule has 0 aromatic carbocycles. The average molecular weight is 198 g/mol. The SMILES string of the molecule is CC(=O)NCc1c(F)[nH]c(C)cc1=O. The predicted molar refractivity (Wildman–Crippen MR) is 49.3 cm³/mol. The Morgan fingerprint density at radius 2 is 2.29 bits per heavy atom. The van der Waals surface area contributed by atoms with Crippen LogP contribution in [-0.4, -0.2) is 10.9 Å². The lowest BCUT2D eigenvalue weighted by Crippen LogP contribution is -2.25. The second-order valence-electron chi connectivity index (χ2n) is 3.02. The average Bonchev–Trinajstić information content (AvgIpc) is 2.01. The molecule has 14 heavy (non-hydrogen) atoms. The lowest BCUT2D eigenvalue weighted by atomic mass is 10.2. The predicted octanol–water partition coefficient (Wildman–Crippen LogP) is 0.459. The molecular formula is C9H11FN2O2. The first-order chi connectivity index (χ1) is 6.50. The van der Waals surface area contributed by atoms with Gasteiger partial charge in [-0.3, -0.25) is 9.59 Å². The summed E-state index contributed by atoms with van der Waals surface area (Å²) in [7, 11) is 0. The number of halogens is 1. The molecule has 0 unspecified atom stereocenters. The molecule has 0 bridgehead atoms. The van der Waals surface area contributed by atoms with Gasteiger partial charge in [0, 0.05) is 18.7 Å². The molecule has 0 saturated heterocycles. The first-order valence-electron chi connectivity index (χ1n) is 4.13. The van der Waals surface area contributed by atoms with E-state index in [-0.39, 0.29) is 18.0 Å². The molecule has 1 rings (SSSR count). The maximum Gasteiger partial charge on any atom is 0.217 e. The van der Waals surface area contributed by atoms with Crippen LogP contribution in [0.25, 0.3) is 0 Å². The monoisotopic (exact) mass is 198 g/mol. The molecule has 1 aromatic heterocycles. The Kier molecular flexibility index (Phi) is 3.01. The topological polar surface area (TPSA) is 62.0 Å². The normalized spacial score (nSPS) is 9.93. The van der Waals surface area contributed by atoms with Gasteiger partial charge in [0.25, 0.3) is 0 Å². The maximum atomic E-state index is 13.2. The van der Waals surface area contributed by atoms with E-state index in [1.165, 1.54) is 13.0 Å². The van der Waals surface area contributed by atoms with Crippen LogP contribution in [0.2, 0.25) is 0 Å². The molecule has 0 spiro atoms. The van der Waals surface area contributed by atoms with E-state index in [1.54, 1.807) is 6.92 Å². The quantitative estimate of drug-likeness (QED) is 0.678. The van der Waals surface area contributed by atoms with Crippen LogP contribution in [0.5, 0.6) is 0 Å². The van der Waals surface area contributed by atoms with Crippen molar-refractivity contribution in [1.82, 2.24) is 10.3 Å². The van der Waals surface area contributed by atoms with E-state index in [1.807, 2.05) is 0 Å². The molecule has 4 nitrogen and oxygen atoms in total. The number of aromatic amines is 1. The van der Waals surface area contributed by atoms with Gasteiger partial charge in [-0.1, -0.05) is 0 Å². The number of hydrogen-bond acceptors (Lipinski definition) is 2. The number of H-pyrrole nitrogens is 1. The largest absolute Gasteiger partial charge is 0.352 e. The van der Waals surface area contributed by atoms with Crippen molar-refractivity contribution in [3.63, 3.8) is 0 Å². The highest BCUT2D eigenvalue weighted by molar-refractivity contribution is 5.72. The van der Waals surface area contributed by atoms with Crippen LogP contribution >= 0.6 is 0 Å². The van der Waals surface area contributed by atoms with Crippen LogP contribution in [0.3, 0.4) is 0 Å². The van der Waals surface area contributed by atoms with E-state index in [2.05, 4.69) is 10.3 Å². The number of carbonyl (C=O) groups is 1. The third-order valence-electron chi connectivity index (χ3n) is 1.73. The zero-order valence-corrected chi connectivity index (χ0v) is 7.98. The Bertz CT molecular complexity index is 412. The molecule has 76 valence electrons. The third kappa shape index (κ3) is 2.42. The van der Waals surface area contributed by atoms with Crippen LogP contribution in [0, 0.1) is 12.9 Å². The van der Waals surface area contributed by atoms with Crippen LogP contribution in [0.4, 0.5) is 4.39 Å². The lowest BCUT2D eigenvalue weighted by Gasteiger charge is -2.03. The number of rotatable bonds is 2. The second kappa shape index (κ2) is 4.04. The fourth-order valence-electron chi connectivity index (χ4n) is 1.05. The van der Waals surface area contributed by atoms with Gasteiger partial charge < -0.3 is 10.3 Å². The second-order valence-corrected chi connectivity index (χ2v) is 3.02. The van der Waals surface area contributed by atoms with Crippen molar-refractivity contribution < 1.29 is 9.18 Å². The molecule has 5 heteroatoms. The minimum Gasteiger partial charge on any atom is -0.352 e. The minimum absolute atomic E-state index is 0.0502. The molecule has 1 amide bonds. The van der Waals surface area contributed by atoms with Gasteiger partial charge in [-0.15, -0.1) is 0 Å². The number of aromatic nitrogens is 1. The highest BCUT2D eigenvalue weighted by Crippen LogP contribution is 1.99. The molecule has 0 aliphatic heterocycles. The van der Waals surface area contributed by atoms with E-state index in [0.717, 1.165) is 0 Å². The fraction of sp³-hybridized carbons (Fsp3) is 0.333.